The Morgan fingerprint density at radius 2 is 1.93 bits per heavy atom. The zero-order valence-corrected chi connectivity index (χ0v) is 18.2. The van der Waals surface area contributed by atoms with Crippen molar-refractivity contribution in [2.24, 2.45) is 11.3 Å². The highest BCUT2D eigenvalue weighted by atomic mass is 16.5. The van der Waals surface area contributed by atoms with Crippen LogP contribution in [0.15, 0.2) is 24.3 Å². The fourth-order valence-electron chi connectivity index (χ4n) is 4.74. The summed E-state index contributed by atoms with van der Waals surface area (Å²) in [6.45, 7) is 7.83. The minimum atomic E-state index is -0.361. The lowest BCUT2D eigenvalue weighted by Crippen LogP contribution is -2.53. The fraction of sp³-hybridized carbons (Fsp3) is 0.667. The molecule has 3 rings (SSSR count). The number of carbonyl (C=O) groups excluding carboxylic acids is 2. The summed E-state index contributed by atoms with van der Waals surface area (Å²) in [6, 6.07) is 8.27. The van der Waals surface area contributed by atoms with Gasteiger partial charge in [-0.25, -0.2) is 0 Å². The van der Waals surface area contributed by atoms with Gasteiger partial charge in [-0.05, 0) is 56.1 Å². The summed E-state index contributed by atoms with van der Waals surface area (Å²) >= 11 is 0. The van der Waals surface area contributed by atoms with Crippen LogP contribution in [0.3, 0.4) is 0 Å². The van der Waals surface area contributed by atoms with Crippen molar-refractivity contribution in [3.63, 3.8) is 0 Å². The molecule has 0 aromatic heterocycles. The predicted molar refractivity (Wildman–Crippen MR) is 115 cm³/mol. The van der Waals surface area contributed by atoms with Gasteiger partial charge in [0.05, 0.1) is 11.5 Å². The maximum Gasteiger partial charge on any atom is 0.226 e. The lowest BCUT2D eigenvalue weighted by molar-refractivity contribution is -0.140. The lowest BCUT2D eigenvalue weighted by atomic mass is 9.73. The second-order valence-electron chi connectivity index (χ2n) is 9.21. The maximum absolute atomic E-state index is 13.5. The molecule has 2 aliphatic rings. The maximum atomic E-state index is 13.5. The van der Waals surface area contributed by atoms with E-state index in [1.807, 2.05) is 17.0 Å². The first kappa shape index (κ1) is 21.7. The van der Waals surface area contributed by atoms with E-state index in [4.69, 9.17) is 4.74 Å². The molecule has 2 aliphatic heterocycles. The number of aryl methyl sites for hydroxylation is 1. The number of para-hydroxylation sites is 1. The summed E-state index contributed by atoms with van der Waals surface area (Å²) in [5.74, 6) is 1.68. The van der Waals surface area contributed by atoms with Gasteiger partial charge in [-0.1, -0.05) is 38.5 Å². The van der Waals surface area contributed by atoms with Crippen LogP contribution in [0.4, 0.5) is 0 Å². The molecule has 2 amide bonds. The predicted octanol–water partition coefficient (Wildman–Crippen LogP) is 3.95. The Morgan fingerprint density at radius 3 is 2.62 bits per heavy atom. The van der Waals surface area contributed by atoms with E-state index in [1.54, 1.807) is 6.92 Å². The monoisotopic (exact) mass is 400 g/mol. The lowest BCUT2D eigenvalue weighted by Gasteiger charge is -2.41. The molecular weight excluding hydrogens is 364 g/mol. The minimum absolute atomic E-state index is 0.00213. The second-order valence-corrected chi connectivity index (χ2v) is 9.21. The number of carbonyl (C=O) groups is 2. The average molecular weight is 401 g/mol. The van der Waals surface area contributed by atoms with Gasteiger partial charge in [0, 0.05) is 20.0 Å². The standard InChI is InChI=1S/C24H36N2O3/c1-18(2)16-21-17-29-22-10-5-4-8-20(22)9-6-7-11-24(23(28)25-21)12-14-26(15-13-24)19(3)27/h4-5,8,10,18,21H,6-7,9,11-17H2,1-3H3,(H,25,28)/t21-/m0/s1. The molecule has 5 heteroatoms. The van der Waals surface area contributed by atoms with Gasteiger partial charge in [0.15, 0.2) is 0 Å². The van der Waals surface area contributed by atoms with Gasteiger partial charge in [-0.15, -0.1) is 0 Å². The van der Waals surface area contributed by atoms with Crippen LogP contribution < -0.4 is 10.1 Å². The SMILES string of the molecule is CC(=O)N1CCC2(CCCCc3ccccc3OC[C@H](CC(C)C)NC2=O)CC1. The third-order valence-electron chi connectivity index (χ3n) is 6.50. The Kier molecular flexibility index (Phi) is 7.20. The van der Waals surface area contributed by atoms with Crippen molar-refractivity contribution in [3.05, 3.63) is 29.8 Å². The number of piperidine rings is 1. The second kappa shape index (κ2) is 9.64. The third kappa shape index (κ3) is 5.52. The van der Waals surface area contributed by atoms with Gasteiger partial charge in [0.2, 0.25) is 11.8 Å². The fourth-order valence-corrected chi connectivity index (χ4v) is 4.74. The number of ether oxygens (including phenoxy) is 1. The molecule has 1 fully saturated rings. The Morgan fingerprint density at radius 1 is 1.21 bits per heavy atom. The number of hydrogen-bond acceptors (Lipinski definition) is 3. The highest BCUT2D eigenvalue weighted by Crippen LogP contribution is 2.38. The molecule has 0 unspecified atom stereocenters. The number of fused-ring (bicyclic) bond motifs is 1. The summed E-state index contributed by atoms with van der Waals surface area (Å²) in [7, 11) is 0. The highest BCUT2D eigenvalue weighted by Gasteiger charge is 2.42. The molecule has 1 aromatic rings. The van der Waals surface area contributed by atoms with Crippen molar-refractivity contribution < 1.29 is 14.3 Å². The van der Waals surface area contributed by atoms with Crippen molar-refractivity contribution in [1.29, 1.82) is 0 Å². The first-order chi connectivity index (χ1) is 13.9. The van der Waals surface area contributed by atoms with E-state index in [-0.39, 0.29) is 23.3 Å². The van der Waals surface area contributed by atoms with Crippen LogP contribution in [-0.2, 0) is 16.0 Å². The van der Waals surface area contributed by atoms with Crippen molar-refractivity contribution in [2.75, 3.05) is 19.7 Å². The van der Waals surface area contributed by atoms with Crippen LogP contribution in [0.25, 0.3) is 0 Å². The number of amides is 2. The van der Waals surface area contributed by atoms with E-state index in [0.29, 0.717) is 25.6 Å². The van der Waals surface area contributed by atoms with Gasteiger partial charge in [-0.2, -0.15) is 0 Å². The third-order valence-corrected chi connectivity index (χ3v) is 6.50. The number of rotatable bonds is 2. The van der Waals surface area contributed by atoms with E-state index >= 15 is 0 Å². The Balaban J connectivity index is 1.80. The largest absolute Gasteiger partial charge is 0.491 e. The van der Waals surface area contributed by atoms with E-state index in [1.165, 1.54) is 5.56 Å². The Hall–Kier alpha value is -2.04. The molecule has 0 radical (unpaired) electrons. The van der Waals surface area contributed by atoms with Crippen molar-refractivity contribution in [1.82, 2.24) is 10.2 Å². The smallest absolute Gasteiger partial charge is 0.226 e. The number of nitrogens with one attached hydrogen (secondary N) is 1. The molecule has 0 saturated carbocycles. The summed E-state index contributed by atoms with van der Waals surface area (Å²) in [5.41, 5.74) is 0.892. The van der Waals surface area contributed by atoms with Crippen LogP contribution in [0.1, 0.15) is 64.9 Å². The summed E-state index contributed by atoms with van der Waals surface area (Å²) in [6.07, 6.45) is 6.32. The molecule has 0 bridgehead atoms. The van der Waals surface area contributed by atoms with Crippen molar-refractivity contribution in [2.45, 2.75) is 71.8 Å². The van der Waals surface area contributed by atoms with Crippen LogP contribution >= 0.6 is 0 Å². The van der Waals surface area contributed by atoms with Crippen LogP contribution in [0.5, 0.6) is 5.75 Å². The molecule has 160 valence electrons. The van der Waals surface area contributed by atoms with E-state index < -0.39 is 0 Å². The Bertz CT molecular complexity index is 708. The number of nitrogens with zero attached hydrogens (tertiary/aromatic N) is 1. The van der Waals surface area contributed by atoms with Gasteiger partial charge in [-0.3, -0.25) is 9.59 Å². The zero-order valence-electron chi connectivity index (χ0n) is 18.2. The zero-order chi connectivity index (χ0) is 20.9. The van der Waals surface area contributed by atoms with Crippen LogP contribution in [0, 0.1) is 11.3 Å². The van der Waals surface area contributed by atoms with Crippen LogP contribution in [-0.4, -0.2) is 42.5 Å². The minimum Gasteiger partial charge on any atom is -0.491 e. The molecule has 5 nitrogen and oxygen atoms in total. The van der Waals surface area contributed by atoms with Gasteiger partial charge >= 0.3 is 0 Å². The molecular formula is C24H36N2O3. The number of hydrogen-bond donors (Lipinski definition) is 1. The van der Waals surface area contributed by atoms with E-state index in [9.17, 15) is 9.59 Å². The van der Waals surface area contributed by atoms with Gasteiger partial charge in [0.25, 0.3) is 0 Å². The molecule has 1 spiro atoms. The van der Waals surface area contributed by atoms with E-state index in [0.717, 1.165) is 50.7 Å². The molecule has 0 aliphatic carbocycles. The summed E-state index contributed by atoms with van der Waals surface area (Å²) in [5, 5.41) is 3.33. The molecule has 1 aromatic carbocycles. The topological polar surface area (TPSA) is 58.6 Å². The van der Waals surface area contributed by atoms with Gasteiger partial charge < -0.3 is 15.0 Å². The van der Waals surface area contributed by atoms with Crippen LogP contribution in [0.2, 0.25) is 0 Å². The van der Waals surface area contributed by atoms with Crippen molar-refractivity contribution >= 4 is 11.8 Å². The quantitative estimate of drug-likeness (QED) is 0.818. The first-order valence-electron chi connectivity index (χ1n) is 11.2. The van der Waals surface area contributed by atoms with Gasteiger partial charge in [0.1, 0.15) is 12.4 Å². The Labute approximate surface area is 175 Å². The normalized spacial score (nSPS) is 22.8. The number of benzene rings is 1. The van der Waals surface area contributed by atoms with Crippen molar-refractivity contribution in [3.8, 4) is 5.75 Å². The molecule has 29 heavy (non-hydrogen) atoms. The first-order valence-corrected chi connectivity index (χ1v) is 11.2. The van der Waals surface area contributed by atoms with E-state index in [2.05, 4.69) is 31.3 Å². The average Bonchev–Trinajstić information content (AvgIpc) is 2.69. The molecule has 1 atom stereocenters. The molecule has 1 saturated heterocycles. The molecule has 1 N–H and O–H groups in total. The number of likely N-dealkylation sites (tertiary alicyclic amines) is 1. The summed E-state index contributed by atoms with van der Waals surface area (Å²) < 4.78 is 6.18. The summed E-state index contributed by atoms with van der Waals surface area (Å²) in [4.78, 5) is 27.1. The molecule has 2 heterocycles. The highest BCUT2D eigenvalue weighted by molar-refractivity contribution is 5.83.